The average Bonchev–Trinajstić information content (AvgIpc) is 3.13. The van der Waals surface area contributed by atoms with Crippen molar-refractivity contribution in [3.05, 3.63) is 0 Å². The molecular formula is C14H20Br4N2O2. The van der Waals surface area contributed by atoms with E-state index in [1.165, 1.54) is 0 Å². The molecule has 0 aromatic heterocycles. The first-order valence-corrected chi connectivity index (χ1v) is 10.5. The van der Waals surface area contributed by atoms with E-state index in [1.54, 1.807) is 0 Å². The van der Waals surface area contributed by atoms with Crippen molar-refractivity contribution in [1.82, 2.24) is 10.6 Å². The molecule has 0 aliphatic heterocycles. The van der Waals surface area contributed by atoms with Crippen molar-refractivity contribution in [2.75, 3.05) is 13.1 Å². The number of carbonyl (C=O) groups excluding carboxylic acids is 2. The fourth-order valence-corrected chi connectivity index (χ4v) is 5.30. The number of hydrogen-bond acceptors (Lipinski definition) is 2. The summed E-state index contributed by atoms with van der Waals surface area (Å²) in [5.41, 5.74) is -0.728. The number of amides is 2. The van der Waals surface area contributed by atoms with Crippen molar-refractivity contribution in [2.24, 2.45) is 10.8 Å². The van der Waals surface area contributed by atoms with Crippen LogP contribution < -0.4 is 10.6 Å². The number of alkyl halides is 4. The molecule has 2 fully saturated rings. The molecule has 4 nitrogen and oxygen atoms in total. The molecule has 2 atom stereocenters. The number of rotatable bonds is 7. The first-order chi connectivity index (χ1) is 9.96. The zero-order valence-corrected chi connectivity index (χ0v) is 18.9. The smallest absolute Gasteiger partial charge is 0.228 e. The van der Waals surface area contributed by atoms with Gasteiger partial charge >= 0.3 is 0 Å². The predicted molar refractivity (Wildman–Crippen MR) is 102 cm³/mol. The lowest BCUT2D eigenvalue weighted by Crippen LogP contribution is -2.35. The molecule has 2 rings (SSSR count). The van der Waals surface area contributed by atoms with Gasteiger partial charge in [0.1, 0.15) is 0 Å². The van der Waals surface area contributed by atoms with Gasteiger partial charge in [-0.05, 0) is 39.5 Å². The van der Waals surface area contributed by atoms with Gasteiger partial charge in [-0.1, -0.05) is 63.7 Å². The number of unbranched alkanes of at least 4 members (excludes halogenated alkanes) is 1. The van der Waals surface area contributed by atoms with E-state index < -0.39 is 0 Å². The number of halogens is 4. The Labute approximate surface area is 164 Å². The van der Waals surface area contributed by atoms with Crippen LogP contribution in [0.1, 0.15) is 39.5 Å². The molecule has 0 bridgehead atoms. The molecule has 0 aromatic carbocycles. The molecule has 8 heteroatoms. The summed E-state index contributed by atoms with van der Waals surface area (Å²) in [6.07, 6.45) is 3.29. The zero-order valence-electron chi connectivity index (χ0n) is 12.6. The molecule has 0 aromatic rings. The molecule has 2 amide bonds. The third-order valence-corrected chi connectivity index (χ3v) is 9.31. The standard InChI is InChI=1S/C14H20Br4N2O2/c1-11(7-13(11,15)16)9(21)19-5-3-4-6-20-10(22)12(2)8-14(12,17)18/h3-8H2,1-2H3,(H,19,21)(H,20,22)/t11-,12-/m1/s1. The lowest BCUT2D eigenvalue weighted by Gasteiger charge is -2.14. The Morgan fingerprint density at radius 3 is 1.32 bits per heavy atom. The molecular weight excluding hydrogens is 548 g/mol. The summed E-state index contributed by atoms with van der Waals surface area (Å²) in [7, 11) is 0. The molecule has 0 saturated heterocycles. The van der Waals surface area contributed by atoms with Gasteiger partial charge in [0, 0.05) is 13.1 Å². The molecule has 2 N–H and O–H groups in total. The predicted octanol–water partition coefficient (Wildman–Crippen LogP) is 3.79. The van der Waals surface area contributed by atoms with E-state index in [1.807, 2.05) is 13.8 Å². The lowest BCUT2D eigenvalue weighted by atomic mass is 10.1. The summed E-state index contributed by atoms with van der Waals surface area (Å²) >= 11 is 14.0. The van der Waals surface area contributed by atoms with Crippen LogP contribution in [0.25, 0.3) is 0 Å². The second kappa shape index (κ2) is 6.30. The maximum atomic E-state index is 12.0. The number of carbonyl (C=O) groups is 2. The maximum Gasteiger partial charge on any atom is 0.228 e. The van der Waals surface area contributed by atoms with Crippen LogP contribution in [0.3, 0.4) is 0 Å². The molecule has 0 unspecified atom stereocenters. The van der Waals surface area contributed by atoms with Crippen molar-refractivity contribution < 1.29 is 9.59 Å². The molecule has 2 aliphatic rings. The van der Waals surface area contributed by atoms with Gasteiger partial charge in [0.15, 0.2) is 0 Å². The van der Waals surface area contributed by atoms with Gasteiger partial charge in [-0.3, -0.25) is 9.59 Å². The molecule has 2 aliphatic carbocycles. The highest BCUT2D eigenvalue weighted by atomic mass is 79.9. The molecule has 0 spiro atoms. The van der Waals surface area contributed by atoms with Gasteiger partial charge < -0.3 is 10.6 Å². The Hall–Kier alpha value is 0.860. The highest BCUT2D eigenvalue weighted by molar-refractivity contribution is 9.26. The summed E-state index contributed by atoms with van der Waals surface area (Å²) in [6.45, 7) is 5.15. The number of hydrogen-bond donors (Lipinski definition) is 2. The minimum Gasteiger partial charge on any atom is -0.356 e. The van der Waals surface area contributed by atoms with Crippen molar-refractivity contribution in [2.45, 2.75) is 46.0 Å². The summed E-state index contributed by atoms with van der Waals surface area (Å²) in [4.78, 5) is 24.1. The van der Waals surface area contributed by atoms with E-state index >= 15 is 0 Å². The van der Waals surface area contributed by atoms with E-state index in [0.29, 0.717) is 13.1 Å². The highest BCUT2D eigenvalue weighted by Gasteiger charge is 2.67. The van der Waals surface area contributed by atoms with Crippen LogP contribution in [0.15, 0.2) is 0 Å². The van der Waals surface area contributed by atoms with Crippen molar-refractivity contribution >= 4 is 75.5 Å². The lowest BCUT2D eigenvalue weighted by molar-refractivity contribution is -0.126. The summed E-state index contributed by atoms with van der Waals surface area (Å²) in [5, 5.41) is 5.92. The van der Waals surface area contributed by atoms with Crippen LogP contribution in [0.5, 0.6) is 0 Å². The first kappa shape index (κ1) is 19.2. The molecule has 0 radical (unpaired) electrons. The van der Waals surface area contributed by atoms with Gasteiger partial charge in [0.25, 0.3) is 0 Å². The van der Waals surface area contributed by atoms with Crippen LogP contribution in [-0.4, -0.2) is 31.4 Å². The minimum absolute atomic E-state index is 0.0686. The second-order valence-electron chi connectivity index (χ2n) is 6.65. The SMILES string of the molecule is C[C@]1(C(=O)NCCCCNC(=O)[C@@]2(C)CC2(Br)Br)CC1(Br)Br. The van der Waals surface area contributed by atoms with Gasteiger partial charge in [-0.15, -0.1) is 0 Å². The van der Waals surface area contributed by atoms with E-state index in [2.05, 4.69) is 74.4 Å². The van der Waals surface area contributed by atoms with Gasteiger partial charge in [0.05, 0.1) is 17.3 Å². The summed E-state index contributed by atoms with van der Waals surface area (Å²) < 4.78 is -0.495. The fourth-order valence-electron chi connectivity index (χ4n) is 2.34. The Morgan fingerprint density at radius 2 is 1.09 bits per heavy atom. The van der Waals surface area contributed by atoms with E-state index in [-0.39, 0.29) is 29.1 Å². The third kappa shape index (κ3) is 3.59. The monoisotopic (exact) mass is 564 g/mol. The first-order valence-electron chi connectivity index (χ1n) is 7.29. The van der Waals surface area contributed by atoms with E-state index in [4.69, 9.17) is 0 Å². The highest BCUT2D eigenvalue weighted by Crippen LogP contribution is 2.67. The maximum absolute atomic E-state index is 12.0. The Bertz CT molecular complexity index is 453. The largest absolute Gasteiger partial charge is 0.356 e. The zero-order chi connectivity index (χ0) is 16.8. The minimum atomic E-state index is -0.364. The van der Waals surface area contributed by atoms with E-state index in [9.17, 15) is 9.59 Å². The quantitative estimate of drug-likeness (QED) is 0.363. The Kier molecular flexibility index (Phi) is 5.49. The normalized spacial score (nSPS) is 33.9. The Morgan fingerprint density at radius 1 is 0.818 bits per heavy atom. The van der Waals surface area contributed by atoms with Gasteiger partial charge in [0.2, 0.25) is 11.8 Å². The third-order valence-electron chi connectivity index (χ3n) is 4.69. The van der Waals surface area contributed by atoms with Crippen LogP contribution in [-0.2, 0) is 9.59 Å². The summed E-state index contributed by atoms with van der Waals surface area (Å²) in [5.74, 6) is 0.137. The fraction of sp³-hybridized carbons (Fsp3) is 0.857. The van der Waals surface area contributed by atoms with Gasteiger partial charge in [-0.25, -0.2) is 0 Å². The molecule has 22 heavy (non-hydrogen) atoms. The van der Waals surface area contributed by atoms with Crippen LogP contribution in [0, 0.1) is 10.8 Å². The topological polar surface area (TPSA) is 58.2 Å². The van der Waals surface area contributed by atoms with Crippen molar-refractivity contribution in [1.29, 1.82) is 0 Å². The number of nitrogens with one attached hydrogen (secondary N) is 2. The van der Waals surface area contributed by atoms with Gasteiger partial charge in [-0.2, -0.15) is 0 Å². The van der Waals surface area contributed by atoms with Crippen LogP contribution in [0.2, 0.25) is 0 Å². The second-order valence-corrected chi connectivity index (χ2v) is 14.2. The van der Waals surface area contributed by atoms with Crippen molar-refractivity contribution in [3.63, 3.8) is 0 Å². The molecule has 0 heterocycles. The molecule has 2 saturated carbocycles. The molecule has 126 valence electrons. The van der Waals surface area contributed by atoms with Crippen LogP contribution >= 0.6 is 63.7 Å². The Balaban J connectivity index is 1.56. The van der Waals surface area contributed by atoms with E-state index in [0.717, 1.165) is 25.7 Å². The average molecular weight is 568 g/mol. The summed E-state index contributed by atoms with van der Waals surface area (Å²) in [6, 6.07) is 0. The van der Waals surface area contributed by atoms with Crippen molar-refractivity contribution in [3.8, 4) is 0 Å². The van der Waals surface area contributed by atoms with Crippen LogP contribution in [0.4, 0.5) is 0 Å².